The molecule has 32 heavy (non-hydrogen) atoms. The Balaban J connectivity index is 1.41. The van der Waals surface area contributed by atoms with Crippen molar-refractivity contribution in [3.8, 4) is 6.07 Å². The van der Waals surface area contributed by atoms with E-state index in [-0.39, 0.29) is 24.3 Å². The van der Waals surface area contributed by atoms with Gasteiger partial charge in [0.1, 0.15) is 0 Å². The van der Waals surface area contributed by atoms with Gasteiger partial charge < -0.3 is 9.80 Å². The van der Waals surface area contributed by atoms with Gasteiger partial charge in [-0.25, -0.2) is 0 Å². The maximum absolute atomic E-state index is 13.3. The van der Waals surface area contributed by atoms with E-state index in [1.165, 1.54) is 0 Å². The van der Waals surface area contributed by atoms with E-state index in [1.54, 1.807) is 9.80 Å². The number of carbonyl (C=O) groups is 2. The fraction of sp³-hybridized carbons (Fsp3) is 0.333. The normalized spacial score (nSPS) is 15.3. The van der Waals surface area contributed by atoms with Crippen molar-refractivity contribution < 1.29 is 9.59 Å². The SMILES string of the molecule is CC(C(=O)N(CCC#N)c1ccccc1)N1CCN(C(=O)c2n[nH]c3ccccc23)CC1. The van der Waals surface area contributed by atoms with Gasteiger partial charge in [-0.15, -0.1) is 0 Å². The predicted molar refractivity (Wildman–Crippen MR) is 122 cm³/mol. The Morgan fingerprint density at radius 3 is 2.50 bits per heavy atom. The first-order valence-corrected chi connectivity index (χ1v) is 10.8. The average Bonchev–Trinajstić information content (AvgIpc) is 3.28. The standard InChI is InChI=1S/C24H26N6O2/c1-18(23(31)30(13-7-12-25)19-8-3-2-4-9-19)28-14-16-29(17-15-28)24(32)22-20-10-5-6-11-21(20)26-27-22/h2-6,8-11,18H,7,13-17H2,1H3,(H,26,27). The van der Waals surface area contributed by atoms with Crippen LogP contribution in [0.1, 0.15) is 23.8 Å². The van der Waals surface area contributed by atoms with Crippen molar-refractivity contribution in [3.05, 3.63) is 60.3 Å². The van der Waals surface area contributed by atoms with E-state index < -0.39 is 0 Å². The summed E-state index contributed by atoms with van der Waals surface area (Å²) in [6.45, 7) is 4.50. The minimum Gasteiger partial charge on any atom is -0.335 e. The van der Waals surface area contributed by atoms with Gasteiger partial charge in [0, 0.05) is 43.8 Å². The molecule has 2 amide bonds. The van der Waals surface area contributed by atoms with Gasteiger partial charge in [-0.1, -0.05) is 36.4 Å². The van der Waals surface area contributed by atoms with Gasteiger partial charge in [-0.05, 0) is 25.1 Å². The first kappa shape index (κ1) is 21.5. The molecule has 1 N–H and O–H groups in total. The van der Waals surface area contributed by atoms with Crippen LogP contribution in [-0.2, 0) is 4.79 Å². The predicted octanol–water partition coefficient (Wildman–Crippen LogP) is 2.66. The summed E-state index contributed by atoms with van der Waals surface area (Å²) in [5.41, 5.74) is 2.07. The van der Waals surface area contributed by atoms with Crippen molar-refractivity contribution in [2.45, 2.75) is 19.4 Å². The molecule has 0 bridgehead atoms. The number of aromatic nitrogens is 2. The van der Waals surface area contributed by atoms with Gasteiger partial charge >= 0.3 is 0 Å². The van der Waals surface area contributed by atoms with Gasteiger partial charge in [-0.3, -0.25) is 19.6 Å². The van der Waals surface area contributed by atoms with Crippen LogP contribution < -0.4 is 4.90 Å². The fourth-order valence-electron chi connectivity index (χ4n) is 4.11. The summed E-state index contributed by atoms with van der Waals surface area (Å²) in [5.74, 6) is -0.134. The summed E-state index contributed by atoms with van der Waals surface area (Å²) in [6, 6.07) is 18.8. The van der Waals surface area contributed by atoms with Crippen LogP contribution in [0.2, 0.25) is 0 Å². The Labute approximate surface area is 187 Å². The molecule has 1 aliphatic rings. The molecule has 1 atom stereocenters. The zero-order valence-corrected chi connectivity index (χ0v) is 18.1. The first-order chi connectivity index (χ1) is 15.6. The molecule has 4 rings (SSSR count). The molecule has 8 heteroatoms. The number of nitriles is 1. The number of amides is 2. The summed E-state index contributed by atoms with van der Waals surface area (Å²) >= 11 is 0. The third-order valence-electron chi connectivity index (χ3n) is 5.96. The van der Waals surface area contributed by atoms with E-state index in [2.05, 4.69) is 21.2 Å². The highest BCUT2D eigenvalue weighted by molar-refractivity contribution is 6.04. The van der Waals surface area contributed by atoms with Crippen molar-refractivity contribution in [2.24, 2.45) is 0 Å². The van der Waals surface area contributed by atoms with E-state index in [4.69, 9.17) is 5.26 Å². The number of nitrogens with one attached hydrogen (secondary N) is 1. The molecular formula is C24H26N6O2. The number of benzene rings is 2. The average molecular weight is 431 g/mol. The van der Waals surface area contributed by atoms with Crippen LogP contribution >= 0.6 is 0 Å². The van der Waals surface area contributed by atoms with Crippen LogP contribution in [0.25, 0.3) is 10.9 Å². The van der Waals surface area contributed by atoms with Gasteiger partial charge in [0.05, 0.1) is 24.0 Å². The molecule has 0 saturated carbocycles. The molecule has 0 aliphatic carbocycles. The summed E-state index contributed by atoms with van der Waals surface area (Å²) in [5, 5.41) is 17.0. The van der Waals surface area contributed by atoms with Crippen LogP contribution in [0.5, 0.6) is 0 Å². The number of carbonyl (C=O) groups excluding carboxylic acids is 2. The molecule has 1 fully saturated rings. The Morgan fingerprint density at radius 2 is 1.78 bits per heavy atom. The minimum absolute atomic E-state index is 0.0375. The van der Waals surface area contributed by atoms with Gasteiger partial charge in [-0.2, -0.15) is 10.4 Å². The molecule has 1 saturated heterocycles. The van der Waals surface area contributed by atoms with Crippen molar-refractivity contribution in [3.63, 3.8) is 0 Å². The maximum Gasteiger partial charge on any atom is 0.275 e. The largest absolute Gasteiger partial charge is 0.335 e. The van der Waals surface area contributed by atoms with E-state index in [0.717, 1.165) is 16.6 Å². The molecule has 1 aliphatic heterocycles. The quantitative estimate of drug-likeness (QED) is 0.649. The van der Waals surface area contributed by atoms with Gasteiger partial charge in [0.25, 0.3) is 5.91 Å². The second kappa shape index (κ2) is 9.62. The first-order valence-electron chi connectivity index (χ1n) is 10.8. The highest BCUT2D eigenvalue weighted by Crippen LogP contribution is 2.20. The Hall–Kier alpha value is -3.70. The lowest BCUT2D eigenvalue weighted by atomic mass is 10.1. The number of H-pyrrole nitrogens is 1. The minimum atomic E-state index is -0.350. The molecule has 2 aromatic carbocycles. The van der Waals surface area contributed by atoms with Crippen LogP contribution in [-0.4, -0.2) is 70.6 Å². The third-order valence-corrected chi connectivity index (χ3v) is 5.96. The van der Waals surface area contributed by atoms with E-state index >= 15 is 0 Å². The molecule has 8 nitrogen and oxygen atoms in total. The number of aromatic amines is 1. The molecule has 0 spiro atoms. The number of para-hydroxylation sites is 2. The molecule has 1 aromatic heterocycles. The van der Waals surface area contributed by atoms with E-state index in [9.17, 15) is 9.59 Å². The zero-order chi connectivity index (χ0) is 22.5. The Morgan fingerprint density at radius 1 is 1.09 bits per heavy atom. The van der Waals surface area contributed by atoms with Crippen LogP contribution in [0, 0.1) is 11.3 Å². The number of anilines is 1. The van der Waals surface area contributed by atoms with E-state index in [1.807, 2.05) is 61.5 Å². The molecule has 3 aromatic rings. The number of fused-ring (bicyclic) bond motifs is 1. The van der Waals surface area contributed by atoms with Gasteiger partial charge in [0.2, 0.25) is 5.91 Å². The number of piperazine rings is 1. The van der Waals surface area contributed by atoms with Crippen molar-refractivity contribution in [2.75, 3.05) is 37.6 Å². The van der Waals surface area contributed by atoms with Crippen molar-refractivity contribution in [1.82, 2.24) is 20.0 Å². The summed E-state index contributed by atoms with van der Waals surface area (Å²) < 4.78 is 0. The van der Waals surface area contributed by atoms with Gasteiger partial charge in [0.15, 0.2) is 5.69 Å². The molecular weight excluding hydrogens is 404 g/mol. The maximum atomic E-state index is 13.3. The number of rotatable bonds is 6. The highest BCUT2D eigenvalue weighted by atomic mass is 16.2. The Kier molecular flexibility index (Phi) is 6.47. The Bertz CT molecular complexity index is 1130. The number of hydrogen-bond acceptors (Lipinski definition) is 5. The second-order valence-corrected chi connectivity index (χ2v) is 7.86. The topological polar surface area (TPSA) is 96.3 Å². The number of nitrogens with zero attached hydrogens (tertiary/aromatic N) is 5. The smallest absolute Gasteiger partial charge is 0.275 e. The summed E-state index contributed by atoms with van der Waals surface area (Å²) in [7, 11) is 0. The summed E-state index contributed by atoms with van der Waals surface area (Å²) in [4.78, 5) is 31.9. The second-order valence-electron chi connectivity index (χ2n) is 7.86. The molecule has 0 radical (unpaired) electrons. The third kappa shape index (κ3) is 4.34. The van der Waals surface area contributed by atoms with Crippen molar-refractivity contribution >= 4 is 28.4 Å². The van der Waals surface area contributed by atoms with Crippen molar-refractivity contribution in [1.29, 1.82) is 5.26 Å². The van der Waals surface area contributed by atoms with E-state index in [0.29, 0.717) is 38.4 Å². The zero-order valence-electron chi connectivity index (χ0n) is 18.1. The van der Waals surface area contributed by atoms with Crippen LogP contribution in [0.4, 0.5) is 5.69 Å². The molecule has 2 heterocycles. The lowest BCUT2D eigenvalue weighted by Gasteiger charge is -2.38. The van der Waals surface area contributed by atoms with Crippen LogP contribution in [0.3, 0.4) is 0 Å². The fourth-order valence-corrected chi connectivity index (χ4v) is 4.11. The highest BCUT2D eigenvalue weighted by Gasteiger charge is 2.31. The van der Waals surface area contributed by atoms with Crippen LogP contribution in [0.15, 0.2) is 54.6 Å². The monoisotopic (exact) mass is 430 g/mol. The lowest BCUT2D eigenvalue weighted by Crippen LogP contribution is -2.55. The lowest BCUT2D eigenvalue weighted by molar-refractivity contribution is -0.123. The summed E-state index contributed by atoms with van der Waals surface area (Å²) in [6.07, 6.45) is 0.271. The molecule has 164 valence electrons. The molecule has 1 unspecified atom stereocenters. The number of hydrogen-bond donors (Lipinski definition) is 1.